The van der Waals surface area contributed by atoms with Gasteiger partial charge in [0.05, 0.1) is 12.9 Å². The highest BCUT2D eigenvalue weighted by molar-refractivity contribution is 5.70. The smallest absolute Gasteiger partial charge is 0.334 e. The topological polar surface area (TPSA) is 74.3 Å². The summed E-state index contributed by atoms with van der Waals surface area (Å²) in [6.45, 7) is 0.490. The first-order chi connectivity index (χ1) is 7.61. The third kappa shape index (κ3) is 1.03. The number of hydrogen-bond acceptors (Lipinski definition) is 4. The summed E-state index contributed by atoms with van der Waals surface area (Å²) >= 11 is 0. The highest BCUT2D eigenvalue weighted by Crippen LogP contribution is 2.23. The van der Waals surface area contributed by atoms with Crippen molar-refractivity contribution in [3.05, 3.63) is 27.2 Å². The molecule has 0 radical (unpaired) electrons. The van der Waals surface area contributed by atoms with E-state index in [1.165, 1.54) is 17.9 Å². The molecule has 0 aliphatic carbocycles. The van der Waals surface area contributed by atoms with Crippen LogP contribution in [0.1, 0.15) is 6.23 Å². The minimum Gasteiger partial charge on any atom is -0.351 e. The standard InChI is InChI=1S/C9H10N4O3/c1-11-4-10-7-6(11)8(14)12(2)9(15)13(7)5-3-16-5/h4-5H,3H2,1-2H3. The summed E-state index contributed by atoms with van der Waals surface area (Å²) < 4.78 is 9.18. The Morgan fingerprint density at radius 1 is 1.44 bits per heavy atom. The maximum Gasteiger partial charge on any atom is 0.334 e. The SMILES string of the molecule is Cn1c(=O)c2c(ncn2C)n(C2CO2)c1=O. The molecular weight excluding hydrogens is 212 g/mol. The van der Waals surface area contributed by atoms with Crippen LogP contribution in [-0.2, 0) is 18.8 Å². The Balaban J connectivity index is 2.58. The molecule has 7 nitrogen and oxygen atoms in total. The molecule has 0 amide bonds. The molecule has 16 heavy (non-hydrogen) atoms. The van der Waals surface area contributed by atoms with Crippen molar-refractivity contribution in [3.63, 3.8) is 0 Å². The number of fused-ring (bicyclic) bond motifs is 1. The molecule has 1 fully saturated rings. The van der Waals surface area contributed by atoms with E-state index in [9.17, 15) is 9.59 Å². The van der Waals surface area contributed by atoms with Gasteiger partial charge in [0, 0.05) is 14.1 Å². The predicted octanol–water partition coefficient (Wildman–Crippen LogP) is -1.04. The van der Waals surface area contributed by atoms with E-state index >= 15 is 0 Å². The predicted molar refractivity (Wildman–Crippen MR) is 55.2 cm³/mol. The van der Waals surface area contributed by atoms with Crippen LogP contribution in [-0.4, -0.2) is 25.3 Å². The summed E-state index contributed by atoms with van der Waals surface area (Å²) in [7, 11) is 3.18. The zero-order valence-corrected chi connectivity index (χ0v) is 8.88. The summed E-state index contributed by atoms with van der Waals surface area (Å²) in [5.41, 5.74) is 0.0753. The van der Waals surface area contributed by atoms with Crippen LogP contribution in [0.15, 0.2) is 15.9 Å². The van der Waals surface area contributed by atoms with Crippen LogP contribution in [0.3, 0.4) is 0 Å². The van der Waals surface area contributed by atoms with Crippen LogP contribution < -0.4 is 11.2 Å². The first-order valence-corrected chi connectivity index (χ1v) is 4.85. The van der Waals surface area contributed by atoms with Gasteiger partial charge in [0.15, 0.2) is 17.4 Å². The fourth-order valence-electron chi connectivity index (χ4n) is 1.79. The number of epoxide rings is 1. The maximum atomic E-state index is 11.9. The third-order valence-electron chi connectivity index (χ3n) is 2.75. The minimum absolute atomic E-state index is 0.281. The Bertz CT molecular complexity index is 689. The molecule has 2 aromatic heterocycles. The van der Waals surface area contributed by atoms with E-state index in [1.807, 2.05) is 0 Å². The van der Waals surface area contributed by atoms with Crippen LogP contribution >= 0.6 is 0 Å². The molecule has 1 aliphatic rings. The molecule has 3 heterocycles. The summed E-state index contributed by atoms with van der Waals surface area (Å²) in [4.78, 5) is 27.8. The molecule has 2 aromatic rings. The van der Waals surface area contributed by atoms with E-state index in [4.69, 9.17) is 4.74 Å². The van der Waals surface area contributed by atoms with Gasteiger partial charge in [0.1, 0.15) is 0 Å². The van der Waals surface area contributed by atoms with Crippen LogP contribution in [0.25, 0.3) is 11.2 Å². The van der Waals surface area contributed by atoms with Crippen LogP contribution in [0, 0.1) is 0 Å². The van der Waals surface area contributed by atoms with Crippen molar-refractivity contribution >= 4 is 11.2 Å². The van der Waals surface area contributed by atoms with Gasteiger partial charge in [-0.1, -0.05) is 0 Å². The second kappa shape index (κ2) is 2.82. The van der Waals surface area contributed by atoms with Gasteiger partial charge in [-0.3, -0.25) is 9.36 Å². The molecule has 0 aromatic carbocycles. The number of ether oxygens (including phenoxy) is 1. The van der Waals surface area contributed by atoms with E-state index in [1.54, 1.807) is 11.6 Å². The summed E-state index contributed by atoms with van der Waals surface area (Å²) in [5, 5.41) is 0. The van der Waals surface area contributed by atoms with Crippen LogP contribution in [0.5, 0.6) is 0 Å². The number of aromatic nitrogens is 4. The highest BCUT2D eigenvalue weighted by Gasteiger charge is 2.30. The van der Waals surface area contributed by atoms with Gasteiger partial charge >= 0.3 is 5.69 Å². The Morgan fingerprint density at radius 2 is 2.12 bits per heavy atom. The lowest BCUT2D eigenvalue weighted by atomic mass is 10.5. The average Bonchev–Trinajstić information content (AvgIpc) is 3.00. The fourth-order valence-corrected chi connectivity index (χ4v) is 1.79. The number of rotatable bonds is 1. The quantitative estimate of drug-likeness (QED) is 0.578. The molecule has 3 rings (SSSR count). The van der Waals surface area contributed by atoms with Crippen molar-refractivity contribution in [2.24, 2.45) is 14.1 Å². The lowest BCUT2D eigenvalue weighted by Crippen LogP contribution is -2.38. The van der Waals surface area contributed by atoms with Gasteiger partial charge in [0.25, 0.3) is 5.56 Å². The number of nitrogens with zero attached hydrogens (tertiary/aromatic N) is 4. The molecule has 1 unspecified atom stereocenters. The molecular formula is C9H10N4O3. The van der Waals surface area contributed by atoms with Gasteiger partial charge in [-0.15, -0.1) is 0 Å². The van der Waals surface area contributed by atoms with Gasteiger partial charge in [0.2, 0.25) is 0 Å². The molecule has 0 N–H and O–H groups in total. The molecule has 7 heteroatoms. The maximum absolute atomic E-state index is 11.9. The minimum atomic E-state index is -0.390. The lowest BCUT2D eigenvalue weighted by molar-refractivity contribution is 0.348. The molecule has 0 bridgehead atoms. The van der Waals surface area contributed by atoms with E-state index in [0.29, 0.717) is 17.8 Å². The zero-order valence-electron chi connectivity index (χ0n) is 8.88. The summed E-state index contributed by atoms with van der Waals surface area (Å²) in [6.07, 6.45) is 1.24. The van der Waals surface area contributed by atoms with E-state index in [-0.39, 0.29) is 11.8 Å². The van der Waals surface area contributed by atoms with Crippen molar-refractivity contribution < 1.29 is 4.74 Å². The largest absolute Gasteiger partial charge is 0.351 e. The van der Waals surface area contributed by atoms with E-state index in [2.05, 4.69) is 4.98 Å². The van der Waals surface area contributed by atoms with E-state index in [0.717, 1.165) is 4.57 Å². The first kappa shape index (κ1) is 9.34. The first-order valence-electron chi connectivity index (χ1n) is 4.85. The average molecular weight is 222 g/mol. The van der Waals surface area contributed by atoms with Crippen molar-refractivity contribution in [1.29, 1.82) is 0 Å². The highest BCUT2D eigenvalue weighted by atomic mass is 16.6. The Kier molecular flexibility index (Phi) is 1.65. The molecule has 1 atom stereocenters. The second-order valence-corrected chi connectivity index (χ2v) is 3.83. The molecule has 84 valence electrons. The number of aryl methyl sites for hydroxylation is 1. The lowest BCUT2D eigenvalue weighted by Gasteiger charge is -2.05. The summed E-state index contributed by atoms with van der Waals surface area (Å²) in [6, 6.07) is 0. The van der Waals surface area contributed by atoms with Gasteiger partial charge in [-0.05, 0) is 0 Å². The number of imidazole rings is 1. The van der Waals surface area contributed by atoms with Crippen molar-refractivity contribution in [3.8, 4) is 0 Å². The molecule has 1 aliphatic heterocycles. The van der Waals surface area contributed by atoms with E-state index < -0.39 is 5.69 Å². The second-order valence-electron chi connectivity index (χ2n) is 3.83. The monoisotopic (exact) mass is 222 g/mol. The van der Waals surface area contributed by atoms with Crippen LogP contribution in [0.2, 0.25) is 0 Å². The molecule has 0 saturated carbocycles. The molecule has 1 saturated heterocycles. The number of hydrogen-bond donors (Lipinski definition) is 0. The van der Waals surface area contributed by atoms with Crippen molar-refractivity contribution in [1.82, 2.24) is 18.7 Å². The van der Waals surface area contributed by atoms with Gasteiger partial charge in [-0.2, -0.15) is 0 Å². The Labute approximate surface area is 89.5 Å². The zero-order chi connectivity index (χ0) is 11.4. The van der Waals surface area contributed by atoms with Gasteiger partial charge in [-0.25, -0.2) is 14.3 Å². The summed E-state index contributed by atoms with van der Waals surface area (Å²) in [5.74, 6) is 0. The normalized spacial score (nSPS) is 19.2. The Morgan fingerprint density at radius 3 is 2.75 bits per heavy atom. The fraction of sp³-hybridized carbons (Fsp3) is 0.444. The van der Waals surface area contributed by atoms with Crippen LogP contribution in [0.4, 0.5) is 0 Å². The molecule has 0 spiro atoms. The third-order valence-corrected chi connectivity index (χ3v) is 2.75. The Hall–Kier alpha value is -1.89. The van der Waals surface area contributed by atoms with Crippen molar-refractivity contribution in [2.75, 3.05) is 6.61 Å². The van der Waals surface area contributed by atoms with Crippen molar-refractivity contribution in [2.45, 2.75) is 6.23 Å². The van der Waals surface area contributed by atoms with Gasteiger partial charge < -0.3 is 9.30 Å².